The van der Waals surface area contributed by atoms with Gasteiger partial charge in [-0.3, -0.25) is 14.7 Å². The summed E-state index contributed by atoms with van der Waals surface area (Å²) in [4.78, 5) is 21.1. The van der Waals surface area contributed by atoms with Crippen LogP contribution < -0.4 is 11.5 Å². The molecule has 33 heavy (non-hydrogen) atoms. The van der Waals surface area contributed by atoms with E-state index in [2.05, 4.69) is 16.6 Å². The average molecular weight is 482 g/mol. The van der Waals surface area contributed by atoms with Gasteiger partial charge in [-0.05, 0) is 47.9 Å². The van der Waals surface area contributed by atoms with Crippen LogP contribution >= 0.6 is 11.6 Å². The first-order valence-corrected chi connectivity index (χ1v) is 10.1. The molecule has 1 aromatic heterocycles. The fourth-order valence-electron chi connectivity index (χ4n) is 3.57. The molecule has 3 rings (SSSR count). The SMILES string of the molecule is C=C/N=C(\C=C(/N)CN1CCc2c(-c3ccc(Cl)cc3F)cc(C(N)=O)nc2C1)C(F)(F)F. The number of alkyl halides is 3. The van der Waals surface area contributed by atoms with Crippen LogP contribution in [-0.2, 0) is 13.0 Å². The number of pyridine rings is 1. The summed E-state index contributed by atoms with van der Waals surface area (Å²) >= 11 is 5.85. The molecular formula is C22H20ClF4N5O. The largest absolute Gasteiger partial charge is 0.433 e. The van der Waals surface area contributed by atoms with Gasteiger partial charge >= 0.3 is 6.18 Å². The zero-order valence-electron chi connectivity index (χ0n) is 17.3. The van der Waals surface area contributed by atoms with Gasteiger partial charge in [-0.2, -0.15) is 13.2 Å². The minimum absolute atomic E-state index is 0.00119. The van der Waals surface area contributed by atoms with Crippen LogP contribution in [0.4, 0.5) is 17.6 Å². The van der Waals surface area contributed by atoms with Gasteiger partial charge in [-0.25, -0.2) is 9.37 Å². The van der Waals surface area contributed by atoms with Crippen molar-refractivity contribution in [2.75, 3.05) is 13.1 Å². The summed E-state index contributed by atoms with van der Waals surface area (Å²) in [7, 11) is 0. The molecule has 1 aliphatic heterocycles. The van der Waals surface area contributed by atoms with E-state index in [1.54, 1.807) is 4.90 Å². The van der Waals surface area contributed by atoms with E-state index in [0.717, 1.165) is 18.3 Å². The molecule has 1 aliphatic rings. The maximum Gasteiger partial charge on any atom is 0.433 e. The molecule has 11 heteroatoms. The van der Waals surface area contributed by atoms with Gasteiger partial charge in [0.25, 0.3) is 5.91 Å². The third-order valence-electron chi connectivity index (χ3n) is 4.98. The Morgan fingerprint density at radius 2 is 2.00 bits per heavy atom. The molecule has 0 saturated carbocycles. The van der Waals surface area contributed by atoms with Gasteiger partial charge in [-0.15, -0.1) is 0 Å². The van der Waals surface area contributed by atoms with E-state index in [-0.39, 0.29) is 35.1 Å². The van der Waals surface area contributed by atoms with Crippen molar-refractivity contribution in [1.82, 2.24) is 9.88 Å². The highest BCUT2D eigenvalue weighted by Gasteiger charge is 2.34. The first-order valence-electron chi connectivity index (χ1n) is 9.72. The van der Waals surface area contributed by atoms with E-state index in [1.807, 2.05) is 0 Å². The number of hydrogen-bond donors (Lipinski definition) is 2. The number of nitrogens with two attached hydrogens (primary N) is 2. The van der Waals surface area contributed by atoms with Gasteiger partial charge in [0.1, 0.15) is 17.2 Å². The van der Waals surface area contributed by atoms with Crippen LogP contribution in [0.5, 0.6) is 0 Å². The van der Waals surface area contributed by atoms with Gasteiger partial charge in [0.2, 0.25) is 0 Å². The highest BCUT2D eigenvalue weighted by Crippen LogP contribution is 2.33. The predicted molar refractivity (Wildman–Crippen MR) is 118 cm³/mol. The summed E-state index contributed by atoms with van der Waals surface area (Å²) in [6, 6.07) is 5.62. The fraction of sp³-hybridized carbons (Fsp3) is 0.227. The third-order valence-corrected chi connectivity index (χ3v) is 5.22. The second kappa shape index (κ2) is 9.72. The lowest BCUT2D eigenvalue weighted by molar-refractivity contribution is -0.0577. The predicted octanol–water partition coefficient (Wildman–Crippen LogP) is 3.99. The summed E-state index contributed by atoms with van der Waals surface area (Å²) in [5.74, 6) is -1.36. The summed E-state index contributed by atoms with van der Waals surface area (Å²) in [6.07, 6.45) is -2.74. The standard InChI is InChI=1S/C22H20ClF4N5O/c1-2-30-20(22(25,26)27)8-13(28)10-32-6-5-15-16(14-4-3-12(23)7-17(14)24)9-18(21(29)33)31-19(15)11-32/h2-4,7-9H,1,5-6,10-11,28H2,(H2,29,33)/b13-8-,30-20+. The highest BCUT2D eigenvalue weighted by atomic mass is 35.5. The second-order valence-electron chi connectivity index (χ2n) is 7.34. The van der Waals surface area contributed by atoms with E-state index in [0.29, 0.717) is 29.8 Å². The van der Waals surface area contributed by atoms with Crippen LogP contribution in [0.25, 0.3) is 11.1 Å². The van der Waals surface area contributed by atoms with Crippen LogP contribution in [-0.4, -0.2) is 40.8 Å². The van der Waals surface area contributed by atoms with Crippen molar-refractivity contribution in [3.63, 3.8) is 0 Å². The lowest BCUT2D eigenvalue weighted by Crippen LogP contribution is -2.35. The van der Waals surface area contributed by atoms with E-state index < -0.39 is 23.6 Å². The number of aliphatic imine (C=N–C) groups is 1. The normalized spacial score (nSPS) is 15.3. The Balaban J connectivity index is 1.94. The molecule has 2 aromatic rings. The Kier molecular flexibility index (Phi) is 7.19. The lowest BCUT2D eigenvalue weighted by Gasteiger charge is -2.30. The zero-order chi connectivity index (χ0) is 24.3. The fourth-order valence-corrected chi connectivity index (χ4v) is 3.73. The number of hydrogen-bond acceptors (Lipinski definition) is 5. The third kappa shape index (κ3) is 5.77. The number of primary amides is 1. The molecular weight excluding hydrogens is 462 g/mol. The van der Waals surface area contributed by atoms with Crippen molar-refractivity contribution >= 4 is 23.2 Å². The Bertz CT molecular complexity index is 1160. The number of allylic oxidation sites excluding steroid dienone is 1. The molecule has 0 fully saturated rings. The molecule has 0 spiro atoms. The number of nitrogens with zero attached hydrogens (tertiary/aromatic N) is 3. The number of aromatic nitrogens is 1. The van der Waals surface area contributed by atoms with Crippen molar-refractivity contribution in [3.8, 4) is 11.1 Å². The molecule has 1 amide bonds. The van der Waals surface area contributed by atoms with Crippen LogP contribution in [0.1, 0.15) is 21.7 Å². The zero-order valence-corrected chi connectivity index (χ0v) is 18.0. The van der Waals surface area contributed by atoms with Crippen molar-refractivity contribution in [2.24, 2.45) is 16.5 Å². The first kappa shape index (κ1) is 24.4. The highest BCUT2D eigenvalue weighted by molar-refractivity contribution is 6.30. The average Bonchev–Trinajstić information content (AvgIpc) is 2.72. The van der Waals surface area contributed by atoms with Crippen LogP contribution in [0.2, 0.25) is 5.02 Å². The number of amides is 1. The van der Waals surface area contributed by atoms with Crippen molar-refractivity contribution in [1.29, 1.82) is 0 Å². The van der Waals surface area contributed by atoms with Crippen LogP contribution in [0.15, 0.2) is 53.8 Å². The van der Waals surface area contributed by atoms with Gasteiger partial charge in [0.05, 0.1) is 5.69 Å². The summed E-state index contributed by atoms with van der Waals surface area (Å²) in [6.45, 7) is 3.77. The van der Waals surface area contributed by atoms with Gasteiger partial charge in [0, 0.05) is 42.1 Å². The van der Waals surface area contributed by atoms with Gasteiger partial charge < -0.3 is 11.5 Å². The van der Waals surface area contributed by atoms with Crippen LogP contribution in [0, 0.1) is 5.82 Å². The molecule has 0 saturated heterocycles. The lowest BCUT2D eigenvalue weighted by atomic mass is 9.92. The maximum absolute atomic E-state index is 14.6. The summed E-state index contributed by atoms with van der Waals surface area (Å²) in [5, 5.41) is 0.223. The molecule has 0 unspecified atom stereocenters. The van der Waals surface area contributed by atoms with Crippen LogP contribution in [0.3, 0.4) is 0 Å². The first-order chi connectivity index (χ1) is 15.5. The van der Waals surface area contributed by atoms with Gasteiger partial charge in [-0.1, -0.05) is 18.2 Å². The minimum Gasteiger partial charge on any atom is -0.401 e. The van der Waals surface area contributed by atoms with Crippen molar-refractivity contribution < 1.29 is 22.4 Å². The Labute approximate surface area is 192 Å². The number of carbonyl (C=O) groups excluding carboxylic acids is 1. The summed E-state index contributed by atoms with van der Waals surface area (Å²) < 4.78 is 53.7. The monoisotopic (exact) mass is 481 g/mol. The molecule has 0 atom stereocenters. The Hall–Kier alpha value is -3.24. The maximum atomic E-state index is 14.6. The number of fused-ring (bicyclic) bond motifs is 1. The van der Waals surface area contributed by atoms with Crippen molar-refractivity contribution in [2.45, 2.75) is 19.1 Å². The molecule has 4 N–H and O–H groups in total. The van der Waals surface area contributed by atoms with E-state index >= 15 is 0 Å². The molecule has 0 aliphatic carbocycles. The second-order valence-corrected chi connectivity index (χ2v) is 7.78. The molecule has 1 aromatic carbocycles. The minimum atomic E-state index is -4.68. The Morgan fingerprint density at radius 3 is 2.61 bits per heavy atom. The summed E-state index contributed by atoms with van der Waals surface area (Å²) in [5.41, 5.74) is 11.8. The quantitative estimate of drug-likeness (QED) is 0.481. The molecule has 174 valence electrons. The molecule has 0 radical (unpaired) electrons. The van der Waals surface area contributed by atoms with E-state index in [9.17, 15) is 22.4 Å². The molecule has 0 bridgehead atoms. The van der Waals surface area contributed by atoms with E-state index in [1.165, 1.54) is 18.2 Å². The number of halogens is 5. The Morgan fingerprint density at radius 1 is 1.27 bits per heavy atom. The smallest absolute Gasteiger partial charge is 0.401 e. The number of carbonyl (C=O) groups is 1. The molecule has 2 heterocycles. The van der Waals surface area contributed by atoms with E-state index in [4.69, 9.17) is 23.1 Å². The topological polar surface area (TPSA) is 97.6 Å². The van der Waals surface area contributed by atoms with Crippen molar-refractivity contribution in [3.05, 3.63) is 76.6 Å². The number of rotatable bonds is 6. The number of benzene rings is 1. The molecule has 6 nitrogen and oxygen atoms in total. The van der Waals surface area contributed by atoms with Gasteiger partial charge in [0.15, 0.2) is 0 Å².